The predicted octanol–water partition coefficient (Wildman–Crippen LogP) is 2.88. The van der Waals surface area contributed by atoms with Crippen molar-refractivity contribution in [3.8, 4) is 0 Å². The van der Waals surface area contributed by atoms with E-state index in [9.17, 15) is 5.11 Å². The van der Waals surface area contributed by atoms with Crippen LogP contribution in [0.2, 0.25) is 0 Å². The molecule has 0 radical (unpaired) electrons. The zero-order valence-electron chi connectivity index (χ0n) is 11.8. The summed E-state index contributed by atoms with van der Waals surface area (Å²) < 4.78 is 0. The van der Waals surface area contributed by atoms with Crippen LogP contribution in [0.15, 0.2) is 36.7 Å². The first-order chi connectivity index (χ1) is 9.83. The highest BCUT2D eigenvalue weighted by Gasteiger charge is 2.32. The van der Waals surface area contributed by atoms with Crippen molar-refractivity contribution in [1.82, 2.24) is 10.3 Å². The summed E-state index contributed by atoms with van der Waals surface area (Å²) in [7, 11) is 0. The Morgan fingerprint density at radius 1 is 1.15 bits per heavy atom. The molecule has 3 nitrogen and oxygen atoms in total. The van der Waals surface area contributed by atoms with Gasteiger partial charge >= 0.3 is 0 Å². The van der Waals surface area contributed by atoms with Crippen molar-refractivity contribution in [2.45, 2.75) is 32.2 Å². The Kier molecular flexibility index (Phi) is 3.99. The topological polar surface area (TPSA) is 45.1 Å². The highest BCUT2D eigenvalue weighted by atomic mass is 16.3. The van der Waals surface area contributed by atoms with Crippen molar-refractivity contribution in [2.75, 3.05) is 13.2 Å². The maximum absolute atomic E-state index is 9.63. The van der Waals surface area contributed by atoms with Gasteiger partial charge in [0.15, 0.2) is 0 Å². The minimum Gasteiger partial charge on any atom is -0.396 e. The molecule has 1 saturated carbocycles. The molecule has 2 N–H and O–H groups in total. The summed E-state index contributed by atoms with van der Waals surface area (Å²) in [6, 6.07) is 8.35. The lowest BCUT2D eigenvalue weighted by atomic mass is 9.87. The lowest BCUT2D eigenvalue weighted by Gasteiger charge is -2.26. The van der Waals surface area contributed by atoms with Crippen LogP contribution in [-0.2, 0) is 6.54 Å². The van der Waals surface area contributed by atoms with Crippen molar-refractivity contribution in [3.05, 3.63) is 42.2 Å². The van der Waals surface area contributed by atoms with Crippen LogP contribution in [0, 0.1) is 5.41 Å². The molecule has 20 heavy (non-hydrogen) atoms. The van der Waals surface area contributed by atoms with Crippen LogP contribution in [0.4, 0.5) is 0 Å². The summed E-state index contributed by atoms with van der Waals surface area (Å²) in [4.78, 5) is 4.31. The summed E-state index contributed by atoms with van der Waals surface area (Å²) in [6.07, 6.45) is 8.63. The Bertz CT molecular complexity index is 571. The van der Waals surface area contributed by atoms with Gasteiger partial charge in [-0.15, -0.1) is 0 Å². The van der Waals surface area contributed by atoms with Crippen molar-refractivity contribution in [3.63, 3.8) is 0 Å². The van der Waals surface area contributed by atoms with Gasteiger partial charge in [-0.1, -0.05) is 37.1 Å². The van der Waals surface area contributed by atoms with Gasteiger partial charge in [0.2, 0.25) is 0 Å². The molecule has 0 saturated heterocycles. The minimum absolute atomic E-state index is 0.109. The van der Waals surface area contributed by atoms with Crippen molar-refractivity contribution < 1.29 is 5.11 Å². The Labute approximate surface area is 120 Å². The van der Waals surface area contributed by atoms with Gasteiger partial charge in [-0.05, 0) is 23.8 Å². The number of hydrogen-bond donors (Lipinski definition) is 2. The molecule has 1 aromatic carbocycles. The van der Waals surface area contributed by atoms with Crippen molar-refractivity contribution in [1.29, 1.82) is 0 Å². The van der Waals surface area contributed by atoms with E-state index in [1.54, 1.807) is 0 Å². The summed E-state index contributed by atoms with van der Waals surface area (Å²) in [5, 5.41) is 15.6. The van der Waals surface area contributed by atoms with E-state index < -0.39 is 0 Å². The number of pyridine rings is 1. The first kappa shape index (κ1) is 13.5. The second kappa shape index (κ2) is 5.90. The molecule has 0 aliphatic heterocycles. The van der Waals surface area contributed by atoms with E-state index in [4.69, 9.17) is 0 Å². The van der Waals surface area contributed by atoms with Gasteiger partial charge in [0.1, 0.15) is 0 Å². The second-order valence-electron chi connectivity index (χ2n) is 5.99. The van der Waals surface area contributed by atoms with E-state index in [1.807, 2.05) is 18.5 Å². The second-order valence-corrected chi connectivity index (χ2v) is 5.99. The smallest absolute Gasteiger partial charge is 0.0499 e. The van der Waals surface area contributed by atoms with Crippen LogP contribution in [0.25, 0.3) is 10.8 Å². The molecule has 0 bridgehead atoms. The first-order valence-electron chi connectivity index (χ1n) is 7.46. The average Bonchev–Trinajstić information content (AvgIpc) is 2.97. The van der Waals surface area contributed by atoms with E-state index in [2.05, 4.69) is 28.5 Å². The Morgan fingerprint density at radius 3 is 2.75 bits per heavy atom. The fourth-order valence-corrected chi connectivity index (χ4v) is 3.30. The van der Waals surface area contributed by atoms with Gasteiger partial charge in [-0.2, -0.15) is 0 Å². The maximum atomic E-state index is 9.63. The van der Waals surface area contributed by atoms with Crippen LogP contribution in [-0.4, -0.2) is 23.2 Å². The number of fused-ring (bicyclic) bond motifs is 1. The lowest BCUT2D eigenvalue weighted by Crippen LogP contribution is -2.34. The standard InChI is InChI=1S/C17H22N2O/c20-13-17(7-3-4-8-17)12-19-11-15-10-18-9-14-5-1-2-6-16(14)15/h1-2,5-6,9-10,19-20H,3-4,7-8,11-13H2. The molecule has 1 fully saturated rings. The van der Waals surface area contributed by atoms with E-state index in [0.29, 0.717) is 6.61 Å². The number of aliphatic hydroxyl groups excluding tert-OH is 1. The molecular weight excluding hydrogens is 248 g/mol. The summed E-state index contributed by atoms with van der Waals surface area (Å²) in [6.45, 7) is 2.01. The monoisotopic (exact) mass is 270 g/mol. The van der Waals surface area contributed by atoms with Gasteiger partial charge in [-0.3, -0.25) is 4.98 Å². The molecule has 2 aromatic rings. The fourth-order valence-electron chi connectivity index (χ4n) is 3.30. The third-order valence-corrected chi connectivity index (χ3v) is 4.57. The minimum atomic E-state index is 0.109. The van der Waals surface area contributed by atoms with E-state index in [1.165, 1.54) is 29.2 Å². The number of nitrogens with one attached hydrogen (secondary N) is 1. The Morgan fingerprint density at radius 2 is 1.95 bits per heavy atom. The Balaban J connectivity index is 1.68. The van der Waals surface area contributed by atoms with Gasteiger partial charge in [0.05, 0.1) is 0 Å². The zero-order chi connectivity index (χ0) is 13.8. The number of benzene rings is 1. The average molecular weight is 270 g/mol. The fraction of sp³-hybridized carbons (Fsp3) is 0.471. The summed E-state index contributed by atoms with van der Waals surface area (Å²) >= 11 is 0. The van der Waals surface area contributed by atoms with Crippen molar-refractivity contribution in [2.24, 2.45) is 5.41 Å². The number of rotatable bonds is 5. The summed E-state index contributed by atoms with van der Waals surface area (Å²) in [5.41, 5.74) is 1.34. The van der Waals surface area contributed by atoms with Gasteiger partial charge < -0.3 is 10.4 Å². The molecule has 0 amide bonds. The number of aliphatic hydroxyl groups is 1. The highest BCUT2D eigenvalue weighted by molar-refractivity contribution is 5.84. The van der Waals surface area contributed by atoms with Crippen LogP contribution in [0.5, 0.6) is 0 Å². The largest absolute Gasteiger partial charge is 0.396 e. The molecule has 1 heterocycles. The molecule has 3 heteroatoms. The lowest BCUT2D eigenvalue weighted by molar-refractivity contribution is 0.128. The third kappa shape index (κ3) is 2.69. The molecule has 1 aromatic heterocycles. The molecule has 106 valence electrons. The van der Waals surface area contributed by atoms with E-state index >= 15 is 0 Å². The molecule has 0 spiro atoms. The Hall–Kier alpha value is -1.45. The highest BCUT2D eigenvalue weighted by Crippen LogP contribution is 2.36. The van der Waals surface area contributed by atoms with Crippen LogP contribution in [0.3, 0.4) is 0 Å². The third-order valence-electron chi connectivity index (χ3n) is 4.57. The van der Waals surface area contributed by atoms with Crippen LogP contribution < -0.4 is 5.32 Å². The van der Waals surface area contributed by atoms with Crippen LogP contribution >= 0.6 is 0 Å². The molecule has 0 atom stereocenters. The predicted molar refractivity (Wildman–Crippen MR) is 81.4 cm³/mol. The normalized spacial score (nSPS) is 17.6. The number of nitrogens with zero attached hydrogens (tertiary/aromatic N) is 1. The SMILES string of the molecule is OCC1(CNCc2cncc3ccccc23)CCCC1. The quantitative estimate of drug-likeness (QED) is 0.878. The number of aromatic nitrogens is 1. The molecule has 0 unspecified atom stereocenters. The van der Waals surface area contributed by atoms with E-state index in [0.717, 1.165) is 25.9 Å². The maximum Gasteiger partial charge on any atom is 0.0499 e. The first-order valence-corrected chi connectivity index (χ1v) is 7.46. The van der Waals surface area contributed by atoms with Gasteiger partial charge in [0, 0.05) is 42.9 Å². The van der Waals surface area contributed by atoms with E-state index in [-0.39, 0.29) is 5.41 Å². The zero-order valence-corrected chi connectivity index (χ0v) is 11.8. The van der Waals surface area contributed by atoms with Gasteiger partial charge in [-0.25, -0.2) is 0 Å². The van der Waals surface area contributed by atoms with Gasteiger partial charge in [0.25, 0.3) is 0 Å². The number of hydrogen-bond acceptors (Lipinski definition) is 3. The molecule has 1 aliphatic carbocycles. The molecular formula is C17H22N2O. The molecule has 1 aliphatic rings. The van der Waals surface area contributed by atoms with Crippen molar-refractivity contribution >= 4 is 10.8 Å². The molecule has 3 rings (SSSR count). The summed E-state index contributed by atoms with van der Waals surface area (Å²) in [5.74, 6) is 0. The van der Waals surface area contributed by atoms with Crippen LogP contribution in [0.1, 0.15) is 31.2 Å².